The Morgan fingerprint density at radius 3 is 2.17 bits per heavy atom. The average Bonchev–Trinajstić information content (AvgIpc) is 2.70. The molecule has 0 aliphatic carbocycles. The molecule has 9 heteroatoms. The van der Waals surface area contributed by atoms with Gasteiger partial charge in [0.05, 0.1) is 21.6 Å². The minimum absolute atomic E-state index is 0.0341. The van der Waals surface area contributed by atoms with Crippen molar-refractivity contribution >= 4 is 65.9 Å². The molecule has 0 aliphatic heterocycles. The molecule has 0 fully saturated rings. The maximum atomic E-state index is 12.9. The standard InChI is InChI=1S/C20H14BrClN4O2S/c21-15-8-1-2-9-16(15)23-19-20(25-18-11-4-3-10-17(18)24-19)26-29(27,28)14-7-5-6-13(22)12-14/h1-12H,(H,23,24)(H,25,26). The summed E-state index contributed by atoms with van der Waals surface area (Å²) in [4.78, 5) is 9.06. The maximum Gasteiger partial charge on any atom is 0.263 e. The van der Waals surface area contributed by atoms with Crippen LogP contribution in [0.1, 0.15) is 0 Å². The molecule has 4 aromatic rings. The minimum atomic E-state index is -3.92. The number of rotatable bonds is 5. The van der Waals surface area contributed by atoms with Crippen molar-refractivity contribution in [1.82, 2.24) is 9.97 Å². The Morgan fingerprint density at radius 1 is 0.828 bits per heavy atom. The molecule has 1 aromatic heterocycles. The molecule has 0 saturated heterocycles. The molecule has 4 rings (SSSR count). The predicted octanol–water partition coefficient (Wildman–Crippen LogP) is 5.59. The van der Waals surface area contributed by atoms with Gasteiger partial charge in [0.2, 0.25) is 0 Å². The zero-order valence-corrected chi connectivity index (χ0v) is 18.0. The zero-order chi connectivity index (χ0) is 20.4. The van der Waals surface area contributed by atoms with Crippen LogP contribution in [-0.2, 0) is 10.0 Å². The molecule has 3 aromatic carbocycles. The van der Waals surface area contributed by atoms with Gasteiger partial charge >= 0.3 is 0 Å². The van der Waals surface area contributed by atoms with Gasteiger partial charge in [-0.3, -0.25) is 4.72 Å². The summed E-state index contributed by atoms with van der Waals surface area (Å²) in [7, 11) is -3.92. The summed E-state index contributed by atoms with van der Waals surface area (Å²) in [5, 5.41) is 3.47. The number of nitrogens with one attached hydrogen (secondary N) is 2. The number of sulfonamides is 1. The number of anilines is 3. The molecule has 0 unspecified atom stereocenters. The molecule has 29 heavy (non-hydrogen) atoms. The monoisotopic (exact) mass is 488 g/mol. The number of benzene rings is 3. The van der Waals surface area contributed by atoms with Gasteiger partial charge in [0.1, 0.15) is 0 Å². The fraction of sp³-hybridized carbons (Fsp3) is 0. The molecule has 0 spiro atoms. The van der Waals surface area contributed by atoms with Crippen LogP contribution in [0, 0.1) is 0 Å². The largest absolute Gasteiger partial charge is 0.336 e. The van der Waals surface area contributed by atoms with Gasteiger partial charge in [-0.25, -0.2) is 18.4 Å². The van der Waals surface area contributed by atoms with Gasteiger partial charge in [0.15, 0.2) is 11.6 Å². The van der Waals surface area contributed by atoms with E-state index in [4.69, 9.17) is 11.6 Å². The van der Waals surface area contributed by atoms with E-state index < -0.39 is 10.0 Å². The molecule has 0 radical (unpaired) electrons. The second-order valence-corrected chi connectivity index (χ2v) is 9.05. The number of hydrogen-bond acceptors (Lipinski definition) is 5. The second kappa shape index (κ2) is 7.98. The van der Waals surface area contributed by atoms with Gasteiger partial charge < -0.3 is 5.32 Å². The van der Waals surface area contributed by atoms with Crippen molar-refractivity contribution in [3.8, 4) is 0 Å². The predicted molar refractivity (Wildman–Crippen MR) is 119 cm³/mol. The zero-order valence-electron chi connectivity index (χ0n) is 14.8. The van der Waals surface area contributed by atoms with Crippen molar-refractivity contribution in [2.75, 3.05) is 10.0 Å². The normalized spacial score (nSPS) is 11.4. The summed E-state index contributed by atoms with van der Waals surface area (Å²) in [6.45, 7) is 0. The first-order chi connectivity index (χ1) is 13.9. The van der Waals surface area contributed by atoms with Gasteiger partial charge in [-0.05, 0) is 58.4 Å². The van der Waals surface area contributed by atoms with Crippen LogP contribution < -0.4 is 10.0 Å². The lowest BCUT2D eigenvalue weighted by Gasteiger charge is -2.14. The Kier molecular flexibility index (Phi) is 5.40. The Morgan fingerprint density at radius 2 is 1.48 bits per heavy atom. The van der Waals surface area contributed by atoms with Gasteiger partial charge in [0.25, 0.3) is 10.0 Å². The van der Waals surface area contributed by atoms with E-state index in [9.17, 15) is 8.42 Å². The van der Waals surface area contributed by atoms with Gasteiger partial charge in [0, 0.05) is 9.50 Å². The smallest absolute Gasteiger partial charge is 0.263 e. The molecule has 146 valence electrons. The van der Waals surface area contributed by atoms with Crippen molar-refractivity contribution in [3.63, 3.8) is 0 Å². The fourth-order valence-corrected chi connectivity index (χ4v) is 4.36. The Balaban J connectivity index is 1.80. The van der Waals surface area contributed by atoms with E-state index in [-0.39, 0.29) is 16.5 Å². The molecule has 0 aliphatic rings. The van der Waals surface area contributed by atoms with Gasteiger partial charge in [-0.1, -0.05) is 41.9 Å². The van der Waals surface area contributed by atoms with Crippen molar-refractivity contribution in [2.45, 2.75) is 4.90 Å². The lowest BCUT2D eigenvalue weighted by atomic mass is 10.3. The van der Waals surface area contributed by atoms with Crippen LogP contribution >= 0.6 is 27.5 Å². The molecule has 0 bridgehead atoms. The van der Waals surface area contributed by atoms with E-state index in [1.54, 1.807) is 18.2 Å². The number of para-hydroxylation sites is 3. The van der Waals surface area contributed by atoms with E-state index >= 15 is 0 Å². The van der Waals surface area contributed by atoms with E-state index in [0.717, 1.165) is 10.2 Å². The second-order valence-electron chi connectivity index (χ2n) is 6.08. The molecular formula is C20H14BrClN4O2S. The average molecular weight is 490 g/mol. The van der Waals surface area contributed by atoms with Crippen LogP contribution in [0.25, 0.3) is 11.0 Å². The number of nitrogens with zero attached hydrogens (tertiary/aromatic N) is 2. The third-order valence-corrected chi connectivity index (χ3v) is 6.30. The first kappa shape index (κ1) is 19.6. The van der Waals surface area contributed by atoms with Crippen LogP contribution in [0.2, 0.25) is 5.02 Å². The van der Waals surface area contributed by atoms with Gasteiger partial charge in [-0.15, -0.1) is 0 Å². The molecule has 6 nitrogen and oxygen atoms in total. The minimum Gasteiger partial charge on any atom is -0.336 e. The highest BCUT2D eigenvalue weighted by Gasteiger charge is 2.19. The first-order valence-corrected chi connectivity index (χ1v) is 11.1. The summed E-state index contributed by atoms with van der Waals surface area (Å²) in [6, 6.07) is 20.7. The third-order valence-electron chi connectivity index (χ3n) is 4.03. The van der Waals surface area contributed by atoms with E-state index in [1.165, 1.54) is 12.1 Å². The Hall–Kier alpha value is -2.68. The van der Waals surface area contributed by atoms with E-state index in [2.05, 4.69) is 35.9 Å². The molecular weight excluding hydrogens is 476 g/mol. The number of fused-ring (bicyclic) bond motifs is 1. The Bertz CT molecular complexity index is 1310. The number of aromatic nitrogens is 2. The summed E-state index contributed by atoms with van der Waals surface area (Å²) in [6.07, 6.45) is 0. The summed E-state index contributed by atoms with van der Waals surface area (Å²) in [5.74, 6) is 0.362. The van der Waals surface area contributed by atoms with E-state index in [1.807, 2.05) is 42.5 Å². The van der Waals surface area contributed by atoms with Crippen molar-refractivity contribution in [1.29, 1.82) is 0 Å². The van der Waals surface area contributed by atoms with Crippen LogP contribution in [0.4, 0.5) is 17.3 Å². The highest BCUT2D eigenvalue weighted by atomic mass is 79.9. The maximum absolute atomic E-state index is 12.9. The summed E-state index contributed by atoms with van der Waals surface area (Å²) >= 11 is 9.42. The first-order valence-electron chi connectivity index (χ1n) is 8.49. The molecule has 0 amide bonds. The van der Waals surface area contributed by atoms with E-state index in [0.29, 0.717) is 16.1 Å². The van der Waals surface area contributed by atoms with Crippen LogP contribution in [0.15, 0.2) is 82.2 Å². The lowest BCUT2D eigenvalue weighted by Crippen LogP contribution is -2.16. The molecule has 0 saturated carbocycles. The summed E-state index contributed by atoms with van der Waals surface area (Å²) < 4.78 is 29.1. The topological polar surface area (TPSA) is 84.0 Å². The molecule has 2 N–H and O–H groups in total. The number of hydrogen-bond donors (Lipinski definition) is 2. The summed E-state index contributed by atoms with van der Waals surface area (Å²) in [5.41, 5.74) is 1.92. The van der Waals surface area contributed by atoms with Crippen LogP contribution in [-0.4, -0.2) is 18.4 Å². The SMILES string of the molecule is O=S(=O)(Nc1nc2ccccc2nc1Nc1ccccc1Br)c1cccc(Cl)c1. The van der Waals surface area contributed by atoms with Crippen molar-refractivity contribution < 1.29 is 8.42 Å². The highest BCUT2D eigenvalue weighted by Crippen LogP contribution is 2.30. The highest BCUT2D eigenvalue weighted by molar-refractivity contribution is 9.10. The quantitative estimate of drug-likeness (QED) is 0.382. The Labute approximate surface area is 181 Å². The van der Waals surface area contributed by atoms with Crippen molar-refractivity contribution in [3.05, 3.63) is 82.3 Å². The van der Waals surface area contributed by atoms with Crippen molar-refractivity contribution in [2.24, 2.45) is 0 Å². The fourth-order valence-electron chi connectivity index (χ4n) is 2.67. The lowest BCUT2D eigenvalue weighted by molar-refractivity contribution is 0.601. The third kappa shape index (κ3) is 4.34. The molecule has 1 heterocycles. The van der Waals surface area contributed by atoms with Crippen LogP contribution in [0.5, 0.6) is 0 Å². The molecule has 0 atom stereocenters. The van der Waals surface area contributed by atoms with Gasteiger partial charge in [-0.2, -0.15) is 0 Å². The number of halogens is 2. The van der Waals surface area contributed by atoms with Crippen LogP contribution in [0.3, 0.4) is 0 Å².